The molecule has 0 aliphatic carbocycles. The number of hydrogen-bond donors (Lipinski definition) is 2. The molecule has 4 heteroatoms. The van der Waals surface area contributed by atoms with E-state index in [-0.39, 0.29) is 5.78 Å². The number of nitrogens with two attached hydrogens (primary N) is 1. The Labute approximate surface area is 123 Å². The van der Waals surface area contributed by atoms with E-state index in [0.717, 1.165) is 18.5 Å². The second-order valence-corrected chi connectivity index (χ2v) is 5.84. The molecule has 0 aliphatic rings. The van der Waals surface area contributed by atoms with E-state index in [1.165, 1.54) is 11.8 Å². The number of carbonyl (C=O) groups is 1. The SMILES string of the molecule is CCCC(Nc1ccc(C(C)=O)c(N)c1)c1cccs1. The first-order chi connectivity index (χ1) is 9.61. The van der Waals surface area contributed by atoms with Gasteiger partial charge in [0.05, 0.1) is 6.04 Å². The van der Waals surface area contributed by atoms with Gasteiger partial charge in [-0.2, -0.15) is 0 Å². The van der Waals surface area contributed by atoms with Gasteiger partial charge in [-0.25, -0.2) is 0 Å². The van der Waals surface area contributed by atoms with Crippen LogP contribution in [0.5, 0.6) is 0 Å². The van der Waals surface area contributed by atoms with Crippen LogP contribution in [0.15, 0.2) is 35.7 Å². The van der Waals surface area contributed by atoms with Crippen LogP contribution < -0.4 is 11.1 Å². The highest BCUT2D eigenvalue weighted by Gasteiger charge is 2.12. The Bertz CT molecular complexity index is 578. The predicted octanol–water partition coefficient (Wildman–Crippen LogP) is 4.49. The molecule has 1 atom stereocenters. The number of Topliss-reactive ketones (excluding diaryl/α,β-unsaturated/α-hetero) is 1. The van der Waals surface area contributed by atoms with E-state index < -0.39 is 0 Å². The minimum absolute atomic E-state index is 0.00239. The first-order valence-electron chi connectivity index (χ1n) is 6.82. The van der Waals surface area contributed by atoms with E-state index in [0.29, 0.717) is 17.3 Å². The van der Waals surface area contributed by atoms with Crippen LogP contribution in [0.3, 0.4) is 0 Å². The molecule has 1 unspecified atom stereocenters. The zero-order valence-electron chi connectivity index (χ0n) is 11.8. The van der Waals surface area contributed by atoms with Crippen LogP contribution in [-0.4, -0.2) is 5.78 Å². The third kappa shape index (κ3) is 3.39. The molecule has 106 valence electrons. The molecular formula is C16H20N2OS. The van der Waals surface area contributed by atoms with Gasteiger partial charge in [0.25, 0.3) is 0 Å². The molecule has 2 rings (SSSR count). The van der Waals surface area contributed by atoms with Crippen LogP contribution >= 0.6 is 11.3 Å². The number of nitrogen functional groups attached to an aromatic ring is 1. The van der Waals surface area contributed by atoms with E-state index in [1.54, 1.807) is 17.4 Å². The highest BCUT2D eigenvalue weighted by molar-refractivity contribution is 7.10. The molecule has 0 radical (unpaired) electrons. The zero-order valence-corrected chi connectivity index (χ0v) is 12.7. The van der Waals surface area contributed by atoms with E-state index in [1.807, 2.05) is 12.1 Å². The molecule has 3 N–H and O–H groups in total. The minimum Gasteiger partial charge on any atom is -0.398 e. The summed E-state index contributed by atoms with van der Waals surface area (Å²) in [4.78, 5) is 12.7. The number of benzene rings is 1. The van der Waals surface area contributed by atoms with Crippen LogP contribution in [-0.2, 0) is 0 Å². The van der Waals surface area contributed by atoms with E-state index in [2.05, 4.69) is 29.8 Å². The summed E-state index contributed by atoms with van der Waals surface area (Å²) in [6, 6.07) is 10.1. The molecule has 1 aromatic heterocycles. The van der Waals surface area contributed by atoms with Crippen LogP contribution in [0.2, 0.25) is 0 Å². The molecule has 1 aromatic carbocycles. The van der Waals surface area contributed by atoms with Crippen molar-refractivity contribution in [2.24, 2.45) is 0 Å². The molecule has 2 aromatic rings. The van der Waals surface area contributed by atoms with Gasteiger partial charge in [-0.15, -0.1) is 11.3 Å². The maximum absolute atomic E-state index is 11.4. The minimum atomic E-state index is -0.00239. The summed E-state index contributed by atoms with van der Waals surface area (Å²) in [6.07, 6.45) is 2.17. The molecule has 0 amide bonds. The molecule has 0 aliphatic heterocycles. The normalized spacial score (nSPS) is 12.1. The summed E-state index contributed by atoms with van der Waals surface area (Å²) >= 11 is 1.75. The maximum atomic E-state index is 11.4. The number of thiophene rings is 1. The Morgan fingerprint density at radius 1 is 1.40 bits per heavy atom. The maximum Gasteiger partial charge on any atom is 0.161 e. The van der Waals surface area contributed by atoms with Gasteiger partial charge in [0.15, 0.2) is 5.78 Å². The van der Waals surface area contributed by atoms with Crippen LogP contribution in [0.1, 0.15) is 48.0 Å². The molecule has 20 heavy (non-hydrogen) atoms. The predicted molar refractivity (Wildman–Crippen MR) is 86.4 cm³/mol. The Balaban J connectivity index is 2.19. The van der Waals surface area contributed by atoms with E-state index in [9.17, 15) is 4.79 Å². The lowest BCUT2D eigenvalue weighted by molar-refractivity contribution is 0.101. The molecule has 1 heterocycles. The Hall–Kier alpha value is -1.81. The number of rotatable bonds is 6. The second-order valence-electron chi connectivity index (χ2n) is 4.86. The van der Waals surface area contributed by atoms with Crippen LogP contribution in [0.25, 0.3) is 0 Å². The number of nitrogens with one attached hydrogen (secondary N) is 1. The summed E-state index contributed by atoms with van der Waals surface area (Å²) in [5.74, 6) is -0.00239. The number of ketones is 1. The van der Waals surface area contributed by atoms with Gasteiger partial charge in [-0.05, 0) is 43.0 Å². The Morgan fingerprint density at radius 3 is 2.75 bits per heavy atom. The number of anilines is 2. The molecule has 0 saturated heterocycles. The third-order valence-electron chi connectivity index (χ3n) is 3.24. The summed E-state index contributed by atoms with van der Waals surface area (Å²) in [7, 11) is 0. The van der Waals surface area contributed by atoms with Gasteiger partial charge in [-0.1, -0.05) is 19.4 Å². The van der Waals surface area contributed by atoms with Crippen molar-refractivity contribution in [2.45, 2.75) is 32.7 Å². The lowest BCUT2D eigenvalue weighted by Crippen LogP contribution is -2.10. The third-order valence-corrected chi connectivity index (χ3v) is 4.22. The lowest BCUT2D eigenvalue weighted by Gasteiger charge is -2.19. The van der Waals surface area contributed by atoms with Gasteiger partial charge >= 0.3 is 0 Å². The smallest absolute Gasteiger partial charge is 0.161 e. The highest BCUT2D eigenvalue weighted by atomic mass is 32.1. The molecule has 0 saturated carbocycles. The number of hydrogen-bond acceptors (Lipinski definition) is 4. The fraction of sp³-hybridized carbons (Fsp3) is 0.312. The molecule has 0 spiro atoms. The van der Waals surface area contributed by atoms with Crippen LogP contribution in [0.4, 0.5) is 11.4 Å². The average molecular weight is 288 g/mol. The van der Waals surface area contributed by atoms with Gasteiger partial charge in [0.1, 0.15) is 0 Å². The molecule has 0 bridgehead atoms. The zero-order chi connectivity index (χ0) is 14.5. The first-order valence-corrected chi connectivity index (χ1v) is 7.70. The quantitative estimate of drug-likeness (QED) is 0.608. The second kappa shape index (κ2) is 6.57. The van der Waals surface area contributed by atoms with Crippen molar-refractivity contribution in [1.82, 2.24) is 0 Å². The lowest BCUT2D eigenvalue weighted by atomic mass is 10.1. The molecule has 3 nitrogen and oxygen atoms in total. The van der Waals surface area contributed by atoms with Crippen molar-refractivity contribution < 1.29 is 4.79 Å². The van der Waals surface area contributed by atoms with Gasteiger partial charge in [0, 0.05) is 21.8 Å². The van der Waals surface area contributed by atoms with Crippen molar-refractivity contribution in [3.8, 4) is 0 Å². The Kier molecular flexibility index (Phi) is 4.79. The number of carbonyl (C=O) groups excluding carboxylic acids is 1. The monoisotopic (exact) mass is 288 g/mol. The van der Waals surface area contributed by atoms with Crippen molar-refractivity contribution in [3.05, 3.63) is 46.2 Å². The van der Waals surface area contributed by atoms with E-state index in [4.69, 9.17) is 5.73 Å². The van der Waals surface area contributed by atoms with Crippen molar-refractivity contribution in [3.63, 3.8) is 0 Å². The van der Waals surface area contributed by atoms with Crippen LogP contribution in [0, 0.1) is 0 Å². The van der Waals surface area contributed by atoms with Gasteiger partial charge in [-0.3, -0.25) is 4.79 Å². The van der Waals surface area contributed by atoms with Crippen molar-refractivity contribution in [1.29, 1.82) is 0 Å². The highest BCUT2D eigenvalue weighted by Crippen LogP contribution is 2.28. The van der Waals surface area contributed by atoms with E-state index >= 15 is 0 Å². The first kappa shape index (κ1) is 14.6. The van der Waals surface area contributed by atoms with Gasteiger partial charge in [0.2, 0.25) is 0 Å². The summed E-state index contributed by atoms with van der Waals surface area (Å²) in [5.41, 5.74) is 8.00. The average Bonchev–Trinajstić information content (AvgIpc) is 2.91. The fourth-order valence-electron chi connectivity index (χ4n) is 2.24. The summed E-state index contributed by atoms with van der Waals surface area (Å²) < 4.78 is 0. The fourth-order valence-corrected chi connectivity index (χ4v) is 3.05. The Morgan fingerprint density at radius 2 is 2.20 bits per heavy atom. The van der Waals surface area contributed by atoms with Crippen molar-refractivity contribution >= 4 is 28.5 Å². The van der Waals surface area contributed by atoms with Crippen molar-refractivity contribution in [2.75, 3.05) is 11.1 Å². The van der Waals surface area contributed by atoms with Gasteiger partial charge < -0.3 is 11.1 Å². The molecular weight excluding hydrogens is 268 g/mol. The topological polar surface area (TPSA) is 55.1 Å². The summed E-state index contributed by atoms with van der Waals surface area (Å²) in [5, 5.41) is 5.60. The standard InChI is InChI=1S/C16H20N2OS/c1-3-5-15(16-6-4-9-20-16)18-12-7-8-13(11(2)19)14(17)10-12/h4,6-10,15,18H,3,5,17H2,1-2H3. The largest absolute Gasteiger partial charge is 0.398 e. The molecule has 0 fully saturated rings. The summed E-state index contributed by atoms with van der Waals surface area (Å²) in [6.45, 7) is 3.71.